The van der Waals surface area contributed by atoms with E-state index in [2.05, 4.69) is 25.0 Å². The summed E-state index contributed by atoms with van der Waals surface area (Å²) < 4.78 is 10.9. The van der Waals surface area contributed by atoms with Crippen LogP contribution in [0.5, 0.6) is 11.5 Å². The van der Waals surface area contributed by atoms with Gasteiger partial charge in [-0.25, -0.2) is 9.78 Å². The van der Waals surface area contributed by atoms with Crippen molar-refractivity contribution in [2.45, 2.75) is 31.6 Å². The van der Waals surface area contributed by atoms with Crippen molar-refractivity contribution in [3.8, 4) is 22.8 Å². The second kappa shape index (κ2) is 10.3. The van der Waals surface area contributed by atoms with E-state index in [4.69, 9.17) is 14.5 Å². The lowest BCUT2D eigenvalue weighted by Crippen LogP contribution is -2.45. The standard InChI is InChI=1S/C31H30N6O3/c1-39-31(38)22-4-2-20(3-5-22)16-36-17-24-14-23(36)18-37(24)19-30-33-28-11-10-26(15-29(28)34-30)40-25-8-6-21(7-9-25)27-12-13-32-35-27/h2-13,15,23-24H,14,16-19H2,1H3,(H,32,35)(H,33,34)/t23?,24-/m0/s1. The van der Waals surface area contributed by atoms with Crippen LogP contribution in [0.25, 0.3) is 22.3 Å². The largest absolute Gasteiger partial charge is 0.465 e. The number of esters is 1. The number of piperazine rings is 1. The molecule has 0 aliphatic carbocycles. The lowest BCUT2D eigenvalue weighted by Gasteiger charge is -2.33. The van der Waals surface area contributed by atoms with Gasteiger partial charge in [-0.2, -0.15) is 5.10 Å². The molecular formula is C31H30N6O3. The highest BCUT2D eigenvalue weighted by Gasteiger charge is 2.43. The van der Waals surface area contributed by atoms with Crippen molar-refractivity contribution in [3.05, 3.63) is 95.9 Å². The lowest BCUT2D eigenvalue weighted by atomic mass is 10.1. The van der Waals surface area contributed by atoms with E-state index in [0.717, 1.165) is 65.8 Å². The number of likely N-dealkylation sites (tertiary alicyclic amines) is 2. The van der Waals surface area contributed by atoms with Crippen molar-refractivity contribution in [3.63, 3.8) is 0 Å². The van der Waals surface area contributed by atoms with Crippen molar-refractivity contribution >= 4 is 17.0 Å². The van der Waals surface area contributed by atoms with Crippen molar-refractivity contribution in [1.82, 2.24) is 30.0 Å². The van der Waals surface area contributed by atoms with Crippen LogP contribution in [0.2, 0.25) is 0 Å². The number of H-pyrrole nitrogens is 2. The molecule has 3 aromatic carbocycles. The van der Waals surface area contributed by atoms with E-state index in [1.54, 1.807) is 6.20 Å². The number of carbonyl (C=O) groups is 1. The number of nitrogens with zero attached hydrogens (tertiary/aromatic N) is 4. The van der Waals surface area contributed by atoms with Gasteiger partial charge in [0.15, 0.2) is 0 Å². The minimum absolute atomic E-state index is 0.298. The van der Waals surface area contributed by atoms with Gasteiger partial charge >= 0.3 is 5.97 Å². The highest BCUT2D eigenvalue weighted by atomic mass is 16.5. The third kappa shape index (κ3) is 4.85. The first-order valence-electron chi connectivity index (χ1n) is 13.5. The summed E-state index contributed by atoms with van der Waals surface area (Å²) in [4.78, 5) is 25.2. The number of nitrogens with one attached hydrogen (secondary N) is 2. The maximum atomic E-state index is 11.7. The molecule has 9 heteroatoms. The maximum absolute atomic E-state index is 11.7. The molecule has 4 heterocycles. The van der Waals surface area contributed by atoms with Crippen LogP contribution in [-0.2, 0) is 17.8 Å². The summed E-state index contributed by atoms with van der Waals surface area (Å²) in [5, 5.41) is 6.98. The molecule has 2 N–H and O–H groups in total. The average Bonchev–Trinajstić information content (AvgIpc) is 3.78. The molecule has 1 unspecified atom stereocenters. The van der Waals surface area contributed by atoms with Gasteiger partial charge in [-0.05, 0) is 72.1 Å². The Morgan fingerprint density at radius 2 is 1.68 bits per heavy atom. The molecule has 2 aliphatic heterocycles. The summed E-state index contributed by atoms with van der Waals surface area (Å²) in [7, 11) is 1.41. The Labute approximate surface area is 231 Å². The fourth-order valence-corrected chi connectivity index (χ4v) is 5.94. The number of benzene rings is 3. The molecule has 2 aromatic heterocycles. The van der Waals surface area contributed by atoms with Gasteiger partial charge in [-0.1, -0.05) is 12.1 Å². The van der Waals surface area contributed by atoms with E-state index in [1.807, 2.05) is 72.8 Å². The quantitative estimate of drug-likeness (QED) is 0.271. The minimum atomic E-state index is -0.298. The van der Waals surface area contributed by atoms with Gasteiger partial charge in [0.1, 0.15) is 17.3 Å². The van der Waals surface area contributed by atoms with Gasteiger partial charge in [0, 0.05) is 44.0 Å². The number of carbonyl (C=O) groups excluding carboxylic acids is 1. The number of fused-ring (bicyclic) bond motifs is 3. The fourth-order valence-electron chi connectivity index (χ4n) is 5.94. The average molecular weight is 535 g/mol. The Bertz CT molecular complexity index is 1630. The number of ether oxygens (including phenoxy) is 2. The fraction of sp³-hybridized carbons (Fsp3) is 0.258. The predicted molar refractivity (Wildman–Crippen MR) is 151 cm³/mol. The second-order valence-corrected chi connectivity index (χ2v) is 10.5. The van der Waals surface area contributed by atoms with Gasteiger partial charge in [-0.3, -0.25) is 14.9 Å². The molecule has 2 bridgehead atoms. The summed E-state index contributed by atoms with van der Waals surface area (Å²) in [5.41, 5.74) is 5.76. The van der Waals surface area contributed by atoms with Gasteiger partial charge < -0.3 is 14.5 Å². The highest BCUT2D eigenvalue weighted by Crippen LogP contribution is 2.33. The molecule has 0 radical (unpaired) electrons. The molecular weight excluding hydrogens is 504 g/mol. The number of rotatable bonds is 8. The van der Waals surface area contributed by atoms with Crippen molar-refractivity contribution < 1.29 is 14.3 Å². The molecule has 0 spiro atoms. The van der Waals surface area contributed by atoms with Crippen LogP contribution in [-0.4, -0.2) is 68.2 Å². The lowest BCUT2D eigenvalue weighted by molar-refractivity contribution is 0.0600. The van der Waals surface area contributed by atoms with E-state index in [0.29, 0.717) is 17.6 Å². The number of hydrogen-bond donors (Lipinski definition) is 2. The molecule has 40 heavy (non-hydrogen) atoms. The van der Waals surface area contributed by atoms with E-state index in [-0.39, 0.29) is 5.97 Å². The van der Waals surface area contributed by atoms with Crippen LogP contribution in [0.15, 0.2) is 79.0 Å². The Morgan fingerprint density at radius 1 is 0.925 bits per heavy atom. The van der Waals surface area contributed by atoms with Gasteiger partial charge in [0.05, 0.1) is 35.9 Å². The number of imidazole rings is 1. The Hall–Kier alpha value is -4.47. The van der Waals surface area contributed by atoms with E-state index in [1.165, 1.54) is 19.1 Å². The SMILES string of the molecule is COC(=O)c1ccc(CN2C[C@@H]3CC2CN3Cc2nc3cc(Oc4ccc(-c5ccn[nH]5)cc4)ccc3[nH]2)cc1. The van der Waals surface area contributed by atoms with Crippen LogP contribution >= 0.6 is 0 Å². The molecule has 0 amide bonds. The van der Waals surface area contributed by atoms with Crippen LogP contribution in [0.4, 0.5) is 0 Å². The van der Waals surface area contributed by atoms with E-state index in [9.17, 15) is 4.79 Å². The molecule has 2 saturated heterocycles. The van der Waals surface area contributed by atoms with Crippen LogP contribution in [0, 0.1) is 0 Å². The van der Waals surface area contributed by atoms with Crippen molar-refractivity contribution in [1.29, 1.82) is 0 Å². The summed E-state index contributed by atoms with van der Waals surface area (Å²) in [5.74, 6) is 2.22. The van der Waals surface area contributed by atoms with Gasteiger partial charge in [0.2, 0.25) is 0 Å². The zero-order valence-corrected chi connectivity index (χ0v) is 22.2. The molecule has 2 fully saturated rings. The smallest absolute Gasteiger partial charge is 0.337 e. The topological polar surface area (TPSA) is 99.4 Å². The third-order valence-electron chi connectivity index (χ3n) is 7.99. The molecule has 202 valence electrons. The summed E-state index contributed by atoms with van der Waals surface area (Å²) >= 11 is 0. The Balaban J connectivity index is 0.962. The second-order valence-electron chi connectivity index (χ2n) is 10.5. The van der Waals surface area contributed by atoms with Gasteiger partial charge in [-0.15, -0.1) is 0 Å². The summed E-state index contributed by atoms with van der Waals surface area (Å²) in [6.45, 7) is 3.78. The number of aromatic amines is 2. The first kappa shape index (κ1) is 24.6. The summed E-state index contributed by atoms with van der Waals surface area (Å²) in [6.07, 6.45) is 2.92. The van der Waals surface area contributed by atoms with Crippen molar-refractivity contribution in [2.24, 2.45) is 0 Å². The predicted octanol–water partition coefficient (Wildman–Crippen LogP) is 4.99. The van der Waals surface area contributed by atoms with Gasteiger partial charge in [0.25, 0.3) is 0 Å². The number of hydrogen-bond acceptors (Lipinski definition) is 7. The highest BCUT2D eigenvalue weighted by molar-refractivity contribution is 5.89. The summed E-state index contributed by atoms with van der Waals surface area (Å²) in [6, 6.07) is 24.7. The monoisotopic (exact) mass is 534 g/mol. The maximum Gasteiger partial charge on any atom is 0.337 e. The zero-order chi connectivity index (χ0) is 27.1. The van der Waals surface area contributed by atoms with Crippen LogP contribution < -0.4 is 4.74 Å². The number of aromatic nitrogens is 4. The van der Waals surface area contributed by atoms with Crippen molar-refractivity contribution in [2.75, 3.05) is 20.2 Å². The first-order chi connectivity index (χ1) is 19.6. The normalized spacial score (nSPS) is 18.9. The zero-order valence-electron chi connectivity index (χ0n) is 22.2. The Morgan fingerprint density at radius 3 is 2.38 bits per heavy atom. The van der Waals surface area contributed by atoms with Crippen LogP contribution in [0.1, 0.15) is 28.2 Å². The molecule has 5 aromatic rings. The minimum Gasteiger partial charge on any atom is -0.465 e. The first-order valence-corrected chi connectivity index (χ1v) is 13.5. The molecule has 7 rings (SSSR count). The van der Waals surface area contributed by atoms with E-state index < -0.39 is 0 Å². The number of methoxy groups -OCH3 is 1. The van der Waals surface area contributed by atoms with E-state index >= 15 is 0 Å². The molecule has 2 aliphatic rings. The van der Waals surface area contributed by atoms with Crippen LogP contribution in [0.3, 0.4) is 0 Å². The molecule has 0 saturated carbocycles. The Kier molecular flexibility index (Phi) is 6.30. The molecule has 9 nitrogen and oxygen atoms in total. The molecule has 2 atom stereocenters. The third-order valence-corrected chi connectivity index (χ3v) is 7.99.